The predicted octanol–water partition coefficient (Wildman–Crippen LogP) is 4.42. The third kappa shape index (κ3) is 7.19. The first-order valence-electron chi connectivity index (χ1n) is 12.9. The van der Waals surface area contributed by atoms with Crippen molar-refractivity contribution in [3.05, 3.63) is 59.7 Å². The van der Waals surface area contributed by atoms with E-state index in [4.69, 9.17) is 10.5 Å². The number of anilines is 1. The number of nitrogens with one attached hydrogen (secondary N) is 2. The number of nitrogens with zero attached hydrogens (tertiary/aromatic N) is 1. The molecule has 2 aliphatic rings. The first kappa shape index (κ1) is 29.9. The summed E-state index contributed by atoms with van der Waals surface area (Å²) in [5.74, 6) is -9.37. The van der Waals surface area contributed by atoms with Crippen LogP contribution in [0.2, 0.25) is 0 Å². The second kappa shape index (κ2) is 11.8. The number of amides is 3. The zero-order chi connectivity index (χ0) is 29.9. The van der Waals surface area contributed by atoms with Gasteiger partial charge in [0.2, 0.25) is 23.9 Å². The number of methoxy groups -OCH3 is 1. The van der Waals surface area contributed by atoms with E-state index < -0.39 is 79.4 Å². The number of fused-ring (bicyclic) bond motifs is 1. The highest BCUT2D eigenvalue weighted by Gasteiger charge is 2.48. The highest BCUT2D eigenvalue weighted by Crippen LogP contribution is 2.46. The van der Waals surface area contributed by atoms with E-state index in [1.807, 2.05) is 0 Å². The van der Waals surface area contributed by atoms with Crippen molar-refractivity contribution < 1.29 is 41.1 Å². The Hall–Kier alpha value is -4.03. The summed E-state index contributed by atoms with van der Waals surface area (Å²) in [4.78, 5) is 43.5. The monoisotopic (exact) mass is 580 g/mol. The van der Waals surface area contributed by atoms with Crippen LogP contribution < -0.4 is 21.1 Å². The number of carbonyl (C=O) groups is 3. The van der Waals surface area contributed by atoms with E-state index in [-0.39, 0.29) is 17.8 Å². The molecule has 1 fully saturated rings. The van der Waals surface area contributed by atoms with Crippen molar-refractivity contribution in [1.29, 1.82) is 0 Å². The number of ether oxygens (including phenoxy) is 1. The van der Waals surface area contributed by atoms with Crippen LogP contribution in [0.15, 0.2) is 53.5 Å². The van der Waals surface area contributed by atoms with Crippen LogP contribution in [0.5, 0.6) is 5.75 Å². The molecule has 0 bridgehead atoms. The molecule has 2 aromatic rings. The fraction of sp³-hybridized carbons (Fsp3) is 0.429. The zero-order valence-corrected chi connectivity index (χ0v) is 22.0. The number of benzene rings is 2. The van der Waals surface area contributed by atoms with Crippen molar-refractivity contribution in [1.82, 2.24) is 5.32 Å². The first-order chi connectivity index (χ1) is 19.3. The minimum atomic E-state index is -4.67. The Bertz CT molecular complexity index is 1320. The van der Waals surface area contributed by atoms with Gasteiger partial charge in [0, 0.05) is 42.2 Å². The van der Waals surface area contributed by atoms with Gasteiger partial charge in [0.15, 0.2) is 0 Å². The summed E-state index contributed by atoms with van der Waals surface area (Å²) in [6, 6.07) is 13.6. The Morgan fingerprint density at radius 2 is 1.80 bits per heavy atom. The zero-order valence-electron chi connectivity index (χ0n) is 22.0. The van der Waals surface area contributed by atoms with Crippen LogP contribution in [-0.2, 0) is 14.4 Å². The number of aliphatic imine (C=N–C) groups is 1. The lowest BCUT2D eigenvalue weighted by Crippen LogP contribution is -2.49. The molecule has 4 N–H and O–H groups in total. The number of primary amides is 1. The maximum absolute atomic E-state index is 13.5. The molecule has 220 valence electrons. The van der Waals surface area contributed by atoms with E-state index in [0.29, 0.717) is 16.9 Å². The lowest BCUT2D eigenvalue weighted by Gasteiger charge is -2.38. The van der Waals surface area contributed by atoms with Gasteiger partial charge in [-0.15, -0.1) is 0 Å². The largest absolute Gasteiger partial charge is 0.495 e. The second-order valence-electron chi connectivity index (χ2n) is 10.3. The van der Waals surface area contributed by atoms with Gasteiger partial charge in [0.25, 0.3) is 5.91 Å². The number of rotatable bonds is 10. The van der Waals surface area contributed by atoms with Crippen LogP contribution in [0.4, 0.5) is 27.6 Å². The van der Waals surface area contributed by atoms with Crippen LogP contribution >= 0.6 is 0 Å². The Labute approximate surface area is 232 Å². The Morgan fingerprint density at radius 1 is 1.12 bits per heavy atom. The number of alkyl halides is 5. The van der Waals surface area contributed by atoms with Crippen LogP contribution in [0.3, 0.4) is 0 Å². The summed E-state index contributed by atoms with van der Waals surface area (Å²) in [5.41, 5.74) is 7.08. The van der Waals surface area contributed by atoms with Crippen molar-refractivity contribution >= 4 is 29.1 Å². The molecule has 1 aliphatic carbocycles. The number of nitrogens with two attached hydrogens (primary N) is 1. The van der Waals surface area contributed by atoms with Crippen molar-refractivity contribution in [2.75, 3.05) is 12.4 Å². The molecule has 0 unspecified atom stereocenters. The van der Waals surface area contributed by atoms with Crippen molar-refractivity contribution in [3.8, 4) is 5.75 Å². The molecule has 1 saturated carbocycles. The minimum Gasteiger partial charge on any atom is -0.495 e. The van der Waals surface area contributed by atoms with Gasteiger partial charge in [-0.3, -0.25) is 14.4 Å². The summed E-state index contributed by atoms with van der Waals surface area (Å²) in [6.45, 7) is 0. The van der Waals surface area contributed by atoms with Gasteiger partial charge in [-0.1, -0.05) is 42.5 Å². The molecule has 0 saturated heterocycles. The molecule has 0 radical (unpaired) electrons. The standard InChI is InChI=1S/C28H29F5N4O4/c1-41-20-9-5-8-18-21(16-6-3-2-4-7-16)35-24(26(40)36-22(18)20)37-25(39)17(10-11-28(31,32)33)19(23(34)38)12-15-13-27(29,30)14-15/h2-9,15,17,19,24H,10-14H2,1H3,(H2,34,38)(H,36,40)(H,37,39)/t17-,19+,24-/m1/s1. The van der Waals surface area contributed by atoms with E-state index in [1.54, 1.807) is 48.5 Å². The van der Waals surface area contributed by atoms with E-state index in [0.717, 1.165) is 0 Å². The molecule has 4 rings (SSSR count). The van der Waals surface area contributed by atoms with Crippen molar-refractivity contribution in [2.24, 2.45) is 28.5 Å². The third-order valence-corrected chi connectivity index (χ3v) is 7.27. The highest BCUT2D eigenvalue weighted by atomic mass is 19.4. The molecular formula is C28H29F5N4O4. The van der Waals surface area contributed by atoms with Gasteiger partial charge >= 0.3 is 6.18 Å². The molecular weight excluding hydrogens is 551 g/mol. The Morgan fingerprint density at radius 3 is 2.39 bits per heavy atom. The van der Waals surface area contributed by atoms with Gasteiger partial charge in [-0.05, 0) is 24.8 Å². The molecule has 13 heteroatoms. The van der Waals surface area contributed by atoms with Crippen molar-refractivity contribution in [2.45, 2.75) is 50.4 Å². The van der Waals surface area contributed by atoms with E-state index >= 15 is 0 Å². The van der Waals surface area contributed by atoms with Gasteiger partial charge in [0.1, 0.15) is 5.75 Å². The number of benzodiazepines with no additional fused rings is 1. The second-order valence-corrected chi connectivity index (χ2v) is 10.3. The number of para-hydroxylation sites is 1. The van der Waals surface area contributed by atoms with Gasteiger partial charge in [-0.2, -0.15) is 13.2 Å². The van der Waals surface area contributed by atoms with Crippen LogP contribution in [0.25, 0.3) is 0 Å². The smallest absolute Gasteiger partial charge is 0.389 e. The molecule has 0 spiro atoms. The number of halogens is 5. The summed E-state index contributed by atoms with van der Waals surface area (Å²) in [7, 11) is 1.40. The highest BCUT2D eigenvalue weighted by molar-refractivity contribution is 6.20. The fourth-order valence-corrected chi connectivity index (χ4v) is 5.27. The SMILES string of the molecule is COc1cccc2c1NC(=O)[C@@H](NC(=O)[C@H](CCC(F)(F)F)[C@H](CC1CC(F)(F)C1)C(N)=O)N=C2c1ccccc1. The summed E-state index contributed by atoms with van der Waals surface area (Å²) < 4.78 is 71.8. The van der Waals surface area contributed by atoms with Crippen molar-refractivity contribution in [3.63, 3.8) is 0 Å². The average Bonchev–Trinajstić information content (AvgIpc) is 3.02. The minimum absolute atomic E-state index is 0.272. The first-order valence-corrected chi connectivity index (χ1v) is 12.9. The van der Waals surface area contributed by atoms with E-state index in [9.17, 15) is 36.3 Å². The quantitative estimate of drug-likeness (QED) is 0.360. The van der Waals surface area contributed by atoms with Gasteiger partial charge in [0.05, 0.1) is 18.5 Å². The molecule has 2 aromatic carbocycles. The molecule has 3 atom stereocenters. The van der Waals surface area contributed by atoms with Gasteiger partial charge < -0.3 is 21.1 Å². The predicted molar refractivity (Wildman–Crippen MR) is 139 cm³/mol. The summed E-state index contributed by atoms with van der Waals surface area (Å²) in [6.07, 6.45) is -9.91. The van der Waals surface area contributed by atoms with Crippen LogP contribution in [0.1, 0.15) is 43.2 Å². The summed E-state index contributed by atoms with van der Waals surface area (Å²) >= 11 is 0. The molecule has 41 heavy (non-hydrogen) atoms. The Balaban J connectivity index is 1.67. The number of hydrogen-bond donors (Lipinski definition) is 3. The molecule has 8 nitrogen and oxygen atoms in total. The lowest BCUT2D eigenvalue weighted by molar-refractivity contribution is -0.149. The normalized spacial score (nSPS) is 19.9. The molecule has 1 aliphatic heterocycles. The Kier molecular flexibility index (Phi) is 8.64. The molecule has 1 heterocycles. The van der Waals surface area contributed by atoms with Crippen LogP contribution in [-0.4, -0.2) is 48.8 Å². The average molecular weight is 581 g/mol. The third-order valence-electron chi connectivity index (χ3n) is 7.27. The fourth-order valence-electron chi connectivity index (χ4n) is 5.27. The molecule has 0 aromatic heterocycles. The van der Waals surface area contributed by atoms with E-state index in [1.165, 1.54) is 7.11 Å². The lowest BCUT2D eigenvalue weighted by atomic mass is 9.72. The van der Waals surface area contributed by atoms with Crippen LogP contribution in [0, 0.1) is 17.8 Å². The topological polar surface area (TPSA) is 123 Å². The van der Waals surface area contributed by atoms with Gasteiger partial charge in [-0.25, -0.2) is 13.8 Å². The number of hydrogen-bond acceptors (Lipinski definition) is 5. The molecule has 3 amide bonds. The van der Waals surface area contributed by atoms with E-state index in [2.05, 4.69) is 15.6 Å². The summed E-state index contributed by atoms with van der Waals surface area (Å²) in [5, 5.41) is 5.03. The number of carbonyl (C=O) groups excluding carboxylic acids is 3. The maximum atomic E-state index is 13.5. The maximum Gasteiger partial charge on any atom is 0.389 e.